The molecule has 4 N–H and O–H groups in total. The number of benzene rings is 2. The van der Waals surface area contributed by atoms with Gasteiger partial charge in [0.05, 0.1) is 12.8 Å². The van der Waals surface area contributed by atoms with Gasteiger partial charge in [-0.15, -0.1) is 0 Å². The molecule has 0 amide bonds. The fraction of sp³-hybridized carbons (Fsp3) is 0.105. The number of nitrogen functional groups attached to an aromatic ring is 2. The number of hydrogen-bond acceptors (Lipinski definition) is 7. The van der Waals surface area contributed by atoms with Crippen molar-refractivity contribution >= 4 is 11.8 Å². The molecular formula is C19H12F5N5O2. The van der Waals surface area contributed by atoms with Crippen LogP contribution >= 0.6 is 0 Å². The summed E-state index contributed by atoms with van der Waals surface area (Å²) in [4.78, 5) is 7.67. The number of nitrogens with zero attached hydrogens (tertiary/aromatic N) is 3. The molecule has 0 spiro atoms. The zero-order valence-electron chi connectivity index (χ0n) is 15.6. The molecule has 0 unspecified atom stereocenters. The highest BCUT2D eigenvalue weighted by Gasteiger charge is 2.27. The highest BCUT2D eigenvalue weighted by Crippen LogP contribution is 2.33. The smallest absolute Gasteiger partial charge is 0.222 e. The first-order valence-corrected chi connectivity index (χ1v) is 8.34. The van der Waals surface area contributed by atoms with Crippen molar-refractivity contribution in [2.45, 2.75) is 6.61 Å². The van der Waals surface area contributed by atoms with Crippen molar-refractivity contribution in [3.63, 3.8) is 0 Å². The second kappa shape index (κ2) is 8.31. The lowest BCUT2D eigenvalue weighted by Crippen LogP contribution is -2.08. The molecule has 7 nitrogen and oxygen atoms in total. The Hall–Kier alpha value is -4.14. The third-order valence-corrected chi connectivity index (χ3v) is 4.16. The van der Waals surface area contributed by atoms with Gasteiger partial charge in [-0.3, -0.25) is 0 Å². The Morgan fingerprint density at radius 3 is 2.16 bits per heavy atom. The maximum atomic E-state index is 13.9. The standard InChI is InChI=1S/C19H12F5N5O2/c1-30-10-3-2-7(16-9(5-25)18(26)29-19(27)28-16)4-8(10)6-31-17-14(23)12(21)11(20)13(22)15(17)24/h2-4H,6H2,1H3,(H4,26,27,28,29). The Balaban J connectivity index is 2.04. The molecule has 31 heavy (non-hydrogen) atoms. The molecule has 0 aliphatic heterocycles. The van der Waals surface area contributed by atoms with Gasteiger partial charge in [0, 0.05) is 11.1 Å². The average Bonchev–Trinajstić information content (AvgIpc) is 2.75. The van der Waals surface area contributed by atoms with Gasteiger partial charge in [0.2, 0.25) is 35.0 Å². The molecule has 1 aromatic heterocycles. The van der Waals surface area contributed by atoms with E-state index in [2.05, 4.69) is 9.97 Å². The molecule has 0 aliphatic carbocycles. The molecule has 12 heteroatoms. The SMILES string of the molecule is COc1ccc(-c2nc(N)nc(N)c2C#N)cc1COc1c(F)c(F)c(F)c(F)c1F. The van der Waals surface area contributed by atoms with E-state index in [9.17, 15) is 27.2 Å². The van der Waals surface area contributed by atoms with Gasteiger partial charge in [-0.2, -0.15) is 19.0 Å². The van der Waals surface area contributed by atoms with Crippen molar-refractivity contribution in [2.24, 2.45) is 0 Å². The van der Waals surface area contributed by atoms with E-state index in [1.165, 1.54) is 25.3 Å². The molecule has 0 saturated heterocycles. The second-order valence-corrected chi connectivity index (χ2v) is 6.02. The van der Waals surface area contributed by atoms with Crippen LogP contribution in [0.25, 0.3) is 11.3 Å². The molecule has 0 atom stereocenters. The average molecular weight is 437 g/mol. The molecule has 0 fully saturated rings. The Bertz CT molecular complexity index is 1200. The van der Waals surface area contributed by atoms with E-state index in [1.54, 1.807) is 0 Å². The lowest BCUT2D eigenvalue weighted by atomic mass is 10.0. The first kappa shape index (κ1) is 21.6. The first-order chi connectivity index (χ1) is 14.7. The molecule has 3 aromatic rings. The van der Waals surface area contributed by atoms with Crippen LogP contribution in [0.1, 0.15) is 11.1 Å². The van der Waals surface area contributed by atoms with Crippen molar-refractivity contribution in [3.05, 3.63) is 58.4 Å². The van der Waals surface area contributed by atoms with Crippen LogP contribution < -0.4 is 20.9 Å². The van der Waals surface area contributed by atoms with E-state index in [0.29, 0.717) is 0 Å². The summed E-state index contributed by atoms with van der Waals surface area (Å²) in [5.41, 5.74) is 11.7. The Labute approximate surface area is 171 Å². The number of halogens is 5. The van der Waals surface area contributed by atoms with Crippen molar-refractivity contribution in [1.29, 1.82) is 5.26 Å². The van der Waals surface area contributed by atoms with E-state index in [4.69, 9.17) is 20.9 Å². The van der Waals surface area contributed by atoms with Gasteiger partial charge in [-0.25, -0.2) is 18.2 Å². The third-order valence-electron chi connectivity index (χ3n) is 4.16. The molecule has 0 radical (unpaired) electrons. The number of methoxy groups -OCH3 is 1. The summed E-state index contributed by atoms with van der Waals surface area (Å²) in [5, 5.41) is 9.32. The van der Waals surface area contributed by atoms with Crippen LogP contribution in [0, 0.1) is 40.4 Å². The van der Waals surface area contributed by atoms with Crippen LogP contribution in [-0.2, 0) is 6.61 Å². The molecule has 0 aliphatic rings. The minimum Gasteiger partial charge on any atom is -0.496 e. The minimum absolute atomic E-state index is 0.0626. The number of hydrogen-bond donors (Lipinski definition) is 2. The summed E-state index contributed by atoms with van der Waals surface area (Å²) < 4.78 is 77.7. The summed E-state index contributed by atoms with van der Waals surface area (Å²) in [6.07, 6.45) is 0. The van der Waals surface area contributed by atoms with Crippen LogP contribution in [0.5, 0.6) is 11.5 Å². The lowest BCUT2D eigenvalue weighted by molar-refractivity contribution is 0.249. The molecule has 0 saturated carbocycles. The molecule has 3 rings (SSSR count). The summed E-state index contributed by atoms with van der Waals surface area (Å²) in [6.45, 7) is -0.646. The predicted octanol–water partition coefficient (Wildman–Crippen LogP) is 3.46. The van der Waals surface area contributed by atoms with Gasteiger partial charge in [0.1, 0.15) is 29.8 Å². The second-order valence-electron chi connectivity index (χ2n) is 6.02. The van der Waals surface area contributed by atoms with E-state index < -0.39 is 41.4 Å². The quantitative estimate of drug-likeness (QED) is 0.356. The highest BCUT2D eigenvalue weighted by atomic mass is 19.2. The fourth-order valence-electron chi connectivity index (χ4n) is 2.72. The van der Waals surface area contributed by atoms with Gasteiger partial charge < -0.3 is 20.9 Å². The van der Waals surface area contributed by atoms with Crippen LogP contribution in [-0.4, -0.2) is 17.1 Å². The van der Waals surface area contributed by atoms with Crippen LogP contribution in [0.3, 0.4) is 0 Å². The first-order valence-electron chi connectivity index (χ1n) is 8.34. The zero-order chi connectivity index (χ0) is 22.9. The lowest BCUT2D eigenvalue weighted by Gasteiger charge is -2.14. The van der Waals surface area contributed by atoms with E-state index >= 15 is 0 Å². The molecule has 0 bridgehead atoms. The van der Waals surface area contributed by atoms with Crippen molar-refractivity contribution in [2.75, 3.05) is 18.6 Å². The van der Waals surface area contributed by atoms with Gasteiger partial charge in [-0.05, 0) is 18.2 Å². The van der Waals surface area contributed by atoms with Crippen LogP contribution in [0.4, 0.5) is 33.7 Å². The molecule has 160 valence electrons. The monoisotopic (exact) mass is 437 g/mol. The number of aromatic nitrogens is 2. The Morgan fingerprint density at radius 1 is 0.968 bits per heavy atom. The third kappa shape index (κ3) is 3.85. The van der Waals surface area contributed by atoms with E-state index in [-0.39, 0.29) is 39.9 Å². The topological polar surface area (TPSA) is 120 Å². The van der Waals surface area contributed by atoms with Gasteiger partial charge in [0.25, 0.3) is 0 Å². The van der Waals surface area contributed by atoms with Crippen LogP contribution in [0.15, 0.2) is 18.2 Å². The highest BCUT2D eigenvalue weighted by molar-refractivity contribution is 5.74. The van der Waals surface area contributed by atoms with Gasteiger partial charge in [0.15, 0.2) is 5.75 Å². The maximum absolute atomic E-state index is 13.9. The fourth-order valence-corrected chi connectivity index (χ4v) is 2.72. The van der Waals surface area contributed by atoms with Crippen LogP contribution in [0.2, 0.25) is 0 Å². The zero-order valence-corrected chi connectivity index (χ0v) is 15.6. The minimum atomic E-state index is -2.30. The molecule has 2 aromatic carbocycles. The molecule has 1 heterocycles. The van der Waals surface area contributed by atoms with Crippen molar-refractivity contribution < 1.29 is 31.4 Å². The number of nitrogens with two attached hydrogens (primary N) is 2. The summed E-state index contributed by atoms with van der Waals surface area (Å²) in [5.74, 6) is -12.5. The van der Waals surface area contributed by atoms with Crippen molar-refractivity contribution in [1.82, 2.24) is 9.97 Å². The number of anilines is 2. The predicted molar refractivity (Wildman–Crippen MR) is 98.1 cm³/mol. The largest absolute Gasteiger partial charge is 0.496 e. The summed E-state index contributed by atoms with van der Waals surface area (Å²) in [6, 6.07) is 6.12. The Morgan fingerprint density at radius 2 is 1.58 bits per heavy atom. The normalized spacial score (nSPS) is 10.6. The van der Waals surface area contributed by atoms with E-state index in [0.717, 1.165) is 0 Å². The van der Waals surface area contributed by atoms with Crippen molar-refractivity contribution in [3.8, 4) is 28.8 Å². The van der Waals surface area contributed by atoms with E-state index in [1.807, 2.05) is 6.07 Å². The number of ether oxygens (including phenoxy) is 2. The Kier molecular flexibility index (Phi) is 5.78. The maximum Gasteiger partial charge on any atom is 0.222 e. The number of nitriles is 1. The summed E-state index contributed by atoms with van der Waals surface area (Å²) >= 11 is 0. The summed E-state index contributed by atoms with van der Waals surface area (Å²) in [7, 11) is 1.29. The molecular weight excluding hydrogens is 425 g/mol. The van der Waals surface area contributed by atoms with Gasteiger partial charge in [-0.1, -0.05) is 0 Å². The van der Waals surface area contributed by atoms with Gasteiger partial charge >= 0.3 is 0 Å². The number of rotatable bonds is 5.